The maximum Gasteiger partial charge on any atom is 0.239 e. The third-order valence-electron chi connectivity index (χ3n) is 2.00. The molecule has 0 fully saturated rings. The third-order valence-corrected chi connectivity index (χ3v) is 3.25. The van der Waals surface area contributed by atoms with E-state index in [-0.39, 0.29) is 5.16 Å². The molecule has 0 aliphatic rings. The third kappa shape index (κ3) is 2.80. The summed E-state index contributed by atoms with van der Waals surface area (Å²) >= 11 is 11.8. The van der Waals surface area contributed by atoms with Gasteiger partial charge in [-0.1, -0.05) is 23.2 Å². The number of nitrogens with zero attached hydrogens (tertiary/aromatic N) is 3. The van der Waals surface area contributed by atoms with Crippen LogP contribution in [0.15, 0.2) is 29.6 Å². The molecule has 0 amide bonds. The summed E-state index contributed by atoms with van der Waals surface area (Å²) in [6.07, 6.45) is 2.98. The predicted octanol–water partition coefficient (Wildman–Crippen LogP) is 2.58. The second-order valence-corrected chi connectivity index (χ2v) is 5.32. The van der Waals surface area contributed by atoms with Crippen LogP contribution in [-0.2, 0) is 10.8 Å². The summed E-state index contributed by atoms with van der Waals surface area (Å²) in [6.45, 7) is 0. The Morgan fingerprint density at radius 3 is 2.53 bits per heavy atom. The van der Waals surface area contributed by atoms with Crippen LogP contribution in [-0.4, -0.2) is 25.6 Å². The van der Waals surface area contributed by atoms with E-state index in [4.69, 9.17) is 23.2 Å². The fraction of sp³-hybridized carbons (Fsp3) is 0.100. The molecule has 2 aromatic rings. The number of hydrogen-bond acceptors (Lipinski definition) is 4. The lowest BCUT2D eigenvalue weighted by Crippen LogP contribution is -2.00. The van der Waals surface area contributed by atoms with Crippen LogP contribution >= 0.6 is 23.2 Å². The molecule has 17 heavy (non-hydrogen) atoms. The van der Waals surface area contributed by atoms with Crippen molar-refractivity contribution in [1.82, 2.24) is 15.2 Å². The average molecular weight is 288 g/mol. The number of aromatic nitrogens is 3. The van der Waals surface area contributed by atoms with E-state index in [1.807, 2.05) is 0 Å². The minimum atomic E-state index is -1.24. The van der Waals surface area contributed by atoms with Gasteiger partial charge in [0.25, 0.3) is 0 Å². The van der Waals surface area contributed by atoms with Crippen molar-refractivity contribution >= 4 is 34.0 Å². The Labute approximate surface area is 110 Å². The Hall–Kier alpha value is -1.04. The molecule has 7 heteroatoms. The summed E-state index contributed by atoms with van der Waals surface area (Å²) in [6, 6.07) is 5.06. The van der Waals surface area contributed by atoms with Gasteiger partial charge in [0.15, 0.2) is 0 Å². The second-order valence-electron chi connectivity index (χ2n) is 3.20. The quantitative estimate of drug-likeness (QED) is 0.852. The molecule has 0 spiro atoms. The highest BCUT2D eigenvalue weighted by Gasteiger charge is 2.08. The largest absolute Gasteiger partial charge is 0.251 e. The van der Waals surface area contributed by atoms with Crippen LogP contribution in [0.1, 0.15) is 0 Å². The smallest absolute Gasteiger partial charge is 0.239 e. The van der Waals surface area contributed by atoms with Gasteiger partial charge < -0.3 is 0 Å². The topological polar surface area (TPSA) is 55.7 Å². The van der Waals surface area contributed by atoms with Crippen LogP contribution in [0.3, 0.4) is 0 Å². The van der Waals surface area contributed by atoms with E-state index < -0.39 is 10.8 Å². The van der Waals surface area contributed by atoms with Gasteiger partial charge in [-0.2, -0.15) is 0 Å². The van der Waals surface area contributed by atoms with E-state index >= 15 is 0 Å². The van der Waals surface area contributed by atoms with Gasteiger partial charge in [0, 0.05) is 16.8 Å². The zero-order valence-corrected chi connectivity index (χ0v) is 11.1. The molecule has 2 rings (SSSR count). The van der Waals surface area contributed by atoms with Crippen LogP contribution < -0.4 is 0 Å². The van der Waals surface area contributed by atoms with Gasteiger partial charge in [0.05, 0.1) is 22.0 Å². The molecule has 1 atom stereocenters. The van der Waals surface area contributed by atoms with Crippen molar-refractivity contribution in [3.8, 4) is 11.3 Å². The molecule has 0 saturated carbocycles. The standard InChI is InChI=1S/C10H7Cl2N3OS/c1-17(16)10-13-5-9(14-15-10)7-3-2-6(11)4-8(7)12/h2-5H,1H3. The lowest BCUT2D eigenvalue weighted by molar-refractivity contribution is 0.675. The summed E-state index contributed by atoms with van der Waals surface area (Å²) in [4.78, 5) is 3.95. The van der Waals surface area contributed by atoms with Crippen molar-refractivity contribution in [3.05, 3.63) is 34.4 Å². The van der Waals surface area contributed by atoms with Crippen molar-refractivity contribution in [2.75, 3.05) is 6.26 Å². The summed E-state index contributed by atoms with van der Waals surface area (Å²) in [5.74, 6) is 0. The molecular weight excluding hydrogens is 281 g/mol. The lowest BCUT2D eigenvalue weighted by Gasteiger charge is -2.03. The summed E-state index contributed by atoms with van der Waals surface area (Å²) in [5.41, 5.74) is 1.20. The lowest BCUT2D eigenvalue weighted by atomic mass is 10.2. The molecule has 0 N–H and O–H groups in total. The molecule has 0 bridgehead atoms. The highest BCUT2D eigenvalue weighted by Crippen LogP contribution is 2.28. The number of halogens is 2. The van der Waals surface area contributed by atoms with Crippen LogP contribution in [0, 0.1) is 0 Å². The molecule has 1 aromatic carbocycles. The highest BCUT2D eigenvalue weighted by atomic mass is 35.5. The highest BCUT2D eigenvalue weighted by molar-refractivity contribution is 7.84. The molecule has 1 unspecified atom stereocenters. The van der Waals surface area contributed by atoms with Gasteiger partial charge >= 0.3 is 0 Å². The van der Waals surface area contributed by atoms with Crippen LogP contribution in [0.5, 0.6) is 0 Å². The van der Waals surface area contributed by atoms with E-state index in [0.29, 0.717) is 21.3 Å². The molecule has 0 saturated heterocycles. The van der Waals surface area contributed by atoms with E-state index in [2.05, 4.69) is 15.2 Å². The zero-order valence-electron chi connectivity index (χ0n) is 8.72. The number of rotatable bonds is 2. The van der Waals surface area contributed by atoms with E-state index in [9.17, 15) is 4.21 Å². The van der Waals surface area contributed by atoms with Crippen LogP contribution in [0.25, 0.3) is 11.3 Å². The van der Waals surface area contributed by atoms with Gasteiger partial charge in [-0.15, -0.1) is 10.2 Å². The molecule has 0 aliphatic carbocycles. The summed E-state index contributed by atoms with van der Waals surface area (Å²) < 4.78 is 11.1. The molecule has 0 aliphatic heterocycles. The Balaban J connectivity index is 2.43. The maximum absolute atomic E-state index is 11.1. The van der Waals surface area contributed by atoms with Crippen LogP contribution in [0.4, 0.5) is 0 Å². The first-order valence-corrected chi connectivity index (χ1v) is 6.88. The van der Waals surface area contributed by atoms with Crippen LogP contribution in [0.2, 0.25) is 10.0 Å². The first-order chi connectivity index (χ1) is 8.08. The van der Waals surface area contributed by atoms with Crippen molar-refractivity contribution < 1.29 is 4.21 Å². The average Bonchev–Trinajstić information content (AvgIpc) is 2.29. The Bertz CT molecular complexity index is 574. The van der Waals surface area contributed by atoms with Gasteiger partial charge in [-0.25, -0.2) is 4.98 Å². The van der Waals surface area contributed by atoms with E-state index in [1.54, 1.807) is 18.2 Å². The number of benzene rings is 1. The Morgan fingerprint density at radius 2 is 2.00 bits per heavy atom. The fourth-order valence-corrected chi connectivity index (χ4v) is 2.08. The minimum absolute atomic E-state index is 0.193. The summed E-state index contributed by atoms with van der Waals surface area (Å²) in [5, 5.41) is 8.90. The predicted molar refractivity (Wildman–Crippen MR) is 67.6 cm³/mol. The normalized spacial score (nSPS) is 12.4. The Kier molecular flexibility index (Phi) is 3.71. The molecular formula is C10H7Cl2N3OS. The Morgan fingerprint density at radius 1 is 1.24 bits per heavy atom. The van der Waals surface area contributed by atoms with Gasteiger partial charge in [-0.3, -0.25) is 4.21 Å². The van der Waals surface area contributed by atoms with E-state index in [0.717, 1.165) is 0 Å². The molecule has 1 heterocycles. The molecule has 4 nitrogen and oxygen atoms in total. The van der Waals surface area contributed by atoms with Gasteiger partial charge in [0.1, 0.15) is 5.69 Å². The summed E-state index contributed by atoms with van der Waals surface area (Å²) in [7, 11) is -1.24. The van der Waals surface area contributed by atoms with Crippen molar-refractivity contribution in [1.29, 1.82) is 0 Å². The maximum atomic E-state index is 11.1. The van der Waals surface area contributed by atoms with Crippen molar-refractivity contribution in [3.63, 3.8) is 0 Å². The van der Waals surface area contributed by atoms with Gasteiger partial charge in [0.2, 0.25) is 5.16 Å². The first-order valence-electron chi connectivity index (χ1n) is 4.56. The SMILES string of the molecule is CS(=O)c1ncc(-c2ccc(Cl)cc2Cl)nn1. The minimum Gasteiger partial charge on any atom is -0.251 e. The van der Waals surface area contributed by atoms with E-state index in [1.165, 1.54) is 12.5 Å². The molecule has 0 radical (unpaired) electrons. The number of hydrogen-bond donors (Lipinski definition) is 0. The zero-order chi connectivity index (χ0) is 12.4. The first kappa shape index (κ1) is 12.4. The fourth-order valence-electron chi connectivity index (χ4n) is 1.22. The monoisotopic (exact) mass is 287 g/mol. The van der Waals surface area contributed by atoms with Crippen molar-refractivity contribution in [2.45, 2.75) is 5.16 Å². The second kappa shape index (κ2) is 5.08. The van der Waals surface area contributed by atoms with Crippen molar-refractivity contribution in [2.24, 2.45) is 0 Å². The molecule has 88 valence electrons. The van der Waals surface area contributed by atoms with Gasteiger partial charge in [-0.05, 0) is 18.2 Å². The molecule has 1 aromatic heterocycles.